The van der Waals surface area contributed by atoms with Crippen LogP contribution in [-0.2, 0) is 19.0 Å². The second kappa shape index (κ2) is 15.9. The number of ether oxygens (including phenoxy) is 6. The van der Waals surface area contributed by atoms with Crippen LogP contribution in [0.25, 0.3) is 6.08 Å². The highest BCUT2D eigenvalue weighted by Crippen LogP contribution is 2.38. The van der Waals surface area contributed by atoms with Crippen molar-refractivity contribution in [2.24, 2.45) is 0 Å². The molecule has 270 valence electrons. The van der Waals surface area contributed by atoms with Gasteiger partial charge < -0.3 is 79.5 Å². The first kappa shape index (κ1) is 36.6. The lowest BCUT2D eigenvalue weighted by Crippen LogP contribution is -2.60. The summed E-state index contributed by atoms with van der Waals surface area (Å²) < 4.78 is 32.7. The lowest BCUT2D eigenvalue weighted by Gasteiger charge is -2.39. The van der Waals surface area contributed by atoms with Gasteiger partial charge in [-0.1, -0.05) is 6.07 Å². The number of hydrogen-bond acceptors (Lipinski definition) is 17. The highest BCUT2D eigenvalue weighted by Gasteiger charge is 2.46. The van der Waals surface area contributed by atoms with E-state index in [1.54, 1.807) is 0 Å². The lowest BCUT2D eigenvalue weighted by atomic mass is 9.99. The highest BCUT2D eigenvalue weighted by molar-refractivity contribution is 5.87. The number of hydrogen-bond donors (Lipinski definition) is 10. The van der Waals surface area contributed by atoms with Gasteiger partial charge in [-0.25, -0.2) is 4.79 Å². The van der Waals surface area contributed by atoms with E-state index >= 15 is 0 Å². The van der Waals surface area contributed by atoms with Gasteiger partial charge >= 0.3 is 5.97 Å². The predicted molar refractivity (Wildman–Crippen MR) is 166 cm³/mol. The van der Waals surface area contributed by atoms with Gasteiger partial charge in [-0.05, 0) is 60.2 Å². The summed E-state index contributed by atoms with van der Waals surface area (Å²) >= 11 is 0. The molecule has 3 aromatic rings. The van der Waals surface area contributed by atoms with Crippen molar-refractivity contribution in [2.75, 3.05) is 13.2 Å². The van der Waals surface area contributed by atoms with Gasteiger partial charge in [0.05, 0.1) is 6.61 Å². The number of aromatic hydroxyl groups is 3. The largest absolute Gasteiger partial charge is 0.508 e. The van der Waals surface area contributed by atoms with Crippen molar-refractivity contribution in [1.29, 1.82) is 0 Å². The minimum absolute atomic E-state index is 0.0269. The molecule has 0 bridgehead atoms. The van der Waals surface area contributed by atoms with E-state index in [1.165, 1.54) is 66.7 Å². The summed E-state index contributed by atoms with van der Waals surface area (Å²) in [6.07, 6.45) is -13.2. The average Bonchev–Trinajstić information content (AvgIpc) is 3.10. The van der Waals surface area contributed by atoms with Crippen LogP contribution in [0.2, 0.25) is 0 Å². The molecule has 17 heteroatoms. The van der Waals surface area contributed by atoms with Crippen molar-refractivity contribution in [3.8, 4) is 40.2 Å². The zero-order valence-corrected chi connectivity index (χ0v) is 25.9. The maximum atomic E-state index is 12.5. The number of aliphatic hydroxyl groups is 7. The fourth-order valence-electron chi connectivity index (χ4n) is 4.97. The summed E-state index contributed by atoms with van der Waals surface area (Å²) in [4.78, 5) is 12.5. The van der Waals surface area contributed by atoms with Crippen LogP contribution in [0.15, 0.2) is 66.7 Å². The summed E-state index contributed by atoms with van der Waals surface area (Å²) in [6.45, 7) is -1.21. The molecule has 0 unspecified atom stereocenters. The predicted octanol–water partition coefficient (Wildman–Crippen LogP) is -0.783. The van der Waals surface area contributed by atoms with Crippen LogP contribution in [0.3, 0.4) is 0 Å². The second-order valence-corrected chi connectivity index (χ2v) is 11.4. The standard InChI is InChI=1S/C33H36O17/c34-13-23-26(39)28(41)31(44)33(49-23)48-22-12-18(7-9-20(22)37)46-21-11-15(1-8-19(21)36)2-10-25(38)45-14-24-27(40)29(42)30(43)32(50-24)47-17-5-3-16(35)4-6-17/h1-12,23-24,26-37,39-44H,13-14H2/b10-2+/t23-,24-,26-,27-,28+,29+,30-,31-,32-,33-/m1/s1. The maximum absolute atomic E-state index is 12.5. The third-order valence-corrected chi connectivity index (χ3v) is 7.79. The molecule has 17 nitrogen and oxygen atoms in total. The van der Waals surface area contributed by atoms with Crippen molar-refractivity contribution < 1.29 is 84.3 Å². The zero-order valence-electron chi connectivity index (χ0n) is 25.9. The molecule has 2 saturated heterocycles. The first-order chi connectivity index (χ1) is 23.8. The Morgan fingerprint density at radius 3 is 1.92 bits per heavy atom. The normalized spacial score (nSPS) is 29.7. The monoisotopic (exact) mass is 704 g/mol. The van der Waals surface area contributed by atoms with Gasteiger partial charge in [0.1, 0.15) is 72.7 Å². The number of benzene rings is 3. The van der Waals surface area contributed by atoms with Crippen LogP contribution in [0.1, 0.15) is 5.56 Å². The molecule has 0 spiro atoms. The SMILES string of the molecule is O=C(/C=C/c1ccc(O)c(Oc2ccc(O)c(O[C@@H]3O[C@H](CO)[C@@H](O)[C@H](O)[C@H]3O)c2)c1)OC[C@H]1O[C@@H](Oc2ccc(O)cc2)[C@H](O)[C@@H](O)[C@@H]1O. The molecular formula is C33H36O17. The van der Waals surface area contributed by atoms with Crippen molar-refractivity contribution >= 4 is 12.0 Å². The van der Waals surface area contributed by atoms with Gasteiger partial charge in [0, 0.05) is 12.1 Å². The van der Waals surface area contributed by atoms with Crippen LogP contribution in [0, 0.1) is 0 Å². The van der Waals surface area contributed by atoms with E-state index in [9.17, 15) is 55.9 Å². The zero-order chi connectivity index (χ0) is 36.1. The molecule has 10 N–H and O–H groups in total. The van der Waals surface area contributed by atoms with Gasteiger partial charge in [-0.2, -0.15) is 0 Å². The number of aliphatic hydroxyl groups excluding tert-OH is 7. The van der Waals surface area contributed by atoms with E-state index < -0.39 is 86.3 Å². The van der Waals surface area contributed by atoms with Gasteiger partial charge in [-0.15, -0.1) is 0 Å². The van der Waals surface area contributed by atoms with E-state index in [0.717, 1.165) is 6.08 Å². The first-order valence-corrected chi connectivity index (χ1v) is 15.2. The molecule has 2 fully saturated rings. The van der Waals surface area contributed by atoms with Crippen molar-refractivity contribution in [1.82, 2.24) is 0 Å². The molecule has 3 aromatic carbocycles. The Morgan fingerprint density at radius 2 is 1.24 bits per heavy atom. The lowest BCUT2D eigenvalue weighted by molar-refractivity contribution is -0.278. The maximum Gasteiger partial charge on any atom is 0.330 e. The van der Waals surface area contributed by atoms with Gasteiger partial charge in [-0.3, -0.25) is 0 Å². The Balaban J connectivity index is 1.19. The topological polar surface area (TPSA) is 275 Å². The molecule has 0 saturated carbocycles. The van der Waals surface area contributed by atoms with Crippen LogP contribution in [-0.4, -0.2) is 132 Å². The quantitative estimate of drug-likeness (QED) is 0.0866. The van der Waals surface area contributed by atoms with E-state index in [4.69, 9.17) is 28.4 Å². The molecule has 0 amide bonds. The molecule has 2 aliphatic heterocycles. The molecule has 5 rings (SSSR count). The Labute approximate surface area is 283 Å². The van der Waals surface area contributed by atoms with E-state index in [-0.39, 0.29) is 34.5 Å². The van der Waals surface area contributed by atoms with Gasteiger partial charge in [0.2, 0.25) is 12.6 Å². The molecule has 2 aliphatic rings. The number of carbonyl (C=O) groups excluding carboxylic acids is 1. The molecule has 10 atom stereocenters. The van der Waals surface area contributed by atoms with E-state index in [2.05, 4.69) is 0 Å². The minimum atomic E-state index is -1.74. The average molecular weight is 705 g/mol. The fraction of sp³-hybridized carbons (Fsp3) is 0.364. The van der Waals surface area contributed by atoms with Gasteiger partial charge in [0.25, 0.3) is 0 Å². The Morgan fingerprint density at radius 1 is 0.660 bits per heavy atom. The third kappa shape index (κ3) is 8.53. The van der Waals surface area contributed by atoms with Crippen LogP contribution in [0.4, 0.5) is 0 Å². The summed E-state index contributed by atoms with van der Waals surface area (Å²) in [6, 6.07) is 13.2. The number of esters is 1. The Kier molecular flexibility index (Phi) is 11.6. The van der Waals surface area contributed by atoms with Crippen molar-refractivity contribution in [2.45, 2.75) is 61.4 Å². The van der Waals surface area contributed by atoms with Crippen molar-refractivity contribution in [3.63, 3.8) is 0 Å². The molecule has 0 aliphatic carbocycles. The Bertz CT molecular complexity index is 1630. The summed E-state index contributed by atoms with van der Waals surface area (Å²) in [7, 11) is 0. The smallest absolute Gasteiger partial charge is 0.330 e. The molecular weight excluding hydrogens is 668 g/mol. The minimum Gasteiger partial charge on any atom is -0.508 e. The highest BCUT2D eigenvalue weighted by atomic mass is 16.7. The van der Waals surface area contributed by atoms with Gasteiger partial charge in [0.15, 0.2) is 23.0 Å². The fourth-order valence-corrected chi connectivity index (χ4v) is 4.97. The molecule has 2 heterocycles. The van der Waals surface area contributed by atoms with Crippen LogP contribution < -0.4 is 14.2 Å². The van der Waals surface area contributed by atoms with Crippen LogP contribution >= 0.6 is 0 Å². The first-order valence-electron chi connectivity index (χ1n) is 15.2. The Hall–Kier alpha value is -4.69. The third-order valence-electron chi connectivity index (χ3n) is 7.79. The second-order valence-electron chi connectivity index (χ2n) is 11.4. The molecule has 50 heavy (non-hydrogen) atoms. The molecule has 0 aromatic heterocycles. The summed E-state index contributed by atoms with van der Waals surface area (Å²) in [5.74, 6) is -1.74. The summed E-state index contributed by atoms with van der Waals surface area (Å²) in [5, 5.41) is 101. The van der Waals surface area contributed by atoms with E-state index in [1.807, 2.05) is 0 Å². The number of carbonyl (C=O) groups is 1. The number of phenols is 3. The van der Waals surface area contributed by atoms with E-state index in [0.29, 0.717) is 5.56 Å². The summed E-state index contributed by atoms with van der Waals surface area (Å²) in [5.41, 5.74) is 0.362. The molecule has 0 radical (unpaired) electrons. The van der Waals surface area contributed by atoms with Crippen molar-refractivity contribution in [3.05, 3.63) is 72.3 Å². The number of phenolic OH excluding ortho intramolecular Hbond substituents is 3. The van der Waals surface area contributed by atoms with Crippen LogP contribution in [0.5, 0.6) is 40.2 Å². The number of rotatable bonds is 11.